The van der Waals surface area contributed by atoms with E-state index in [2.05, 4.69) is 0 Å². The van der Waals surface area contributed by atoms with Crippen molar-refractivity contribution in [3.63, 3.8) is 0 Å². The average Bonchev–Trinajstić information content (AvgIpc) is 3.08. The molecule has 0 N–H and O–H groups in total. The Balaban J connectivity index is 2.21. The van der Waals surface area contributed by atoms with Crippen molar-refractivity contribution in [3.8, 4) is 0 Å². The van der Waals surface area contributed by atoms with E-state index in [9.17, 15) is 14.4 Å². The highest BCUT2D eigenvalue weighted by Crippen LogP contribution is 2.34. The standard InChI is InChI=1S/C24H25NO5/c1-4-29-23(27)21(24(28)30-5-2)20(22(26)16-11-7-6-8-12-16)19-15-17-13-9-10-14-18(17)25(19)3/h6-15,20-21H,4-5H2,1-3H3. The molecule has 0 spiro atoms. The second kappa shape index (κ2) is 9.39. The van der Waals surface area contributed by atoms with E-state index in [0.717, 1.165) is 10.9 Å². The largest absolute Gasteiger partial charge is 0.465 e. The van der Waals surface area contributed by atoms with Crippen molar-refractivity contribution in [2.75, 3.05) is 13.2 Å². The number of ketones is 1. The fourth-order valence-corrected chi connectivity index (χ4v) is 3.68. The molecule has 1 heterocycles. The molecule has 156 valence electrons. The minimum absolute atomic E-state index is 0.0934. The zero-order chi connectivity index (χ0) is 21.7. The van der Waals surface area contributed by atoms with Gasteiger partial charge in [-0.2, -0.15) is 0 Å². The molecule has 6 nitrogen and oxygen atoms in total. The zero-order valence-corrected chi connectivity index (χ0v) is 17.3. The van der Waals surface area contributed by atoms with Gasteiger partial charge in [-0.3, -0.25) is 14.4 Å². The highest BCUT2D eigenvalue weighted by atomic mass is 16.6. The number of aryl methyl sites for hydroxylation is 1. The Morgan fingerprint density at radius 1 is 0.867 bits per heavy atom. The van der Waals surface area contributed by atoms with Gasteiger partial charge in [0.05, 0.1) is 19.1 Å². The van der Waals surface area contributed by atoms with Crippen molar-refractivity contribution >= 4 is 28.6 Å². The summed E-state index contributed by atoms with van der Waals surface area (Å²) in [6.45, 7) is 3.50. The molecule has 0 saturated carbocycles. The second-order valence-electron chi connectivity index (χ2n) is 6.88. The number of aromatic nitrogens is 1. The van der Waals surface area contributed by atoms with Crippen molar-refractivity contribution in [2.24, 2.45) is 13.0 Å². The highest BCUT2D eigenvalue weighted by molar-refractivity contribution is 6.09. The van der Waals surface area contributed by atoms with Crippen LogP contribution in [0.1, 0.15) is 35.8 Å². The fraction of sp³-hybridized carbons (Fsp3) is 0.292. The number of fused-ring (bicyclic) bond motifs is 1. The van der Waals surface area contributed by atoms with Crippen LogP contribution in [-0.2, 0) is 26.1 Å². The van der Waals surface area contributed by atoms with Gasteiger partial charge in [0, 0.05) is 23.8 Å². The molecule has 0 aliphatic carbocycles. The van der Waals surface area contributed by atoms with Crippen LogP contribution >= 0.6 is 0 Å². The fourth-order valence-electron chi connectivity index (χ4n) is 3.68. The topological polar surface area (TPSA) is 74.6 Å². The minimum Gasteiger partial charge on any atom is -0.465 e. The van der Waals surface area contributed by atoms with E-state index < -0.39 is 23.8 Å². The molecule has 0 amide bonds. The van der Waals surface area contributed by atoms with Gasteiger partial charge >= 0.3 is 11.9 Å². The van der Waals surface area contributed by atoms with Crippen LogP contribution in [0.25, 0.3) is 10.9 Å². The SMILES string of the molecule is CCOC(=O)C(C(=O)OCC)C(C(=O)c1ccccc1)c1cc2ccccc2n1C. The summed E-state index contributed by atoms with van der Waals surface area (Å²) >= 11 is 0. The Morgan fingerprint density at radius 2 is 1.43 bits per heavy atom. The molecule has 3 rings (SSSR count). The first-order chi connectivity index (χ1) is 14.5. The summed E-state index contributed by atoms with van der Waals surface area (Å²) in [7, 11) is 1.82. The van der Waals surface area contributed by atoms with E-state index in [1.165, 1.54) is 0 Å². The van der Waals surface area contributed by atoms with E-state index >= 15 is 0 Å². The maximum atomic E-state index is 13.6. The summed E-state index contributed by atoms with van der Waals surface area (Å²) in [4.78, 5) is 39.3. The summed E-state index contributed by atoms with van der Waals surface area (Å²) in [6, 6.07) is 18.1. The first kappa shape index (κ1) is 21.3. The van der Waals surface area contributed by atoms with Crippen LogP contribution in [0.4, 0.5) is 0 Å². The van der Waals surface area contributed by atoms with E-state index in [1.54, 1.807) is 44.2 Å². The van der Waals surface area contributed by atoms with Crippen molar-refractivity contribution in [3.05, 3.63) is 71.9 Å². The number of ether oxygens (including phenoxy) is 2. The van der Waals surface area contributed by atoms with Gasteiger partial charge in [-0.05, 0) is 31.4 Å². The van der Waals surface area contributed by atoms with Crippen LogP contribution in [0.5, 0.6) is 0 Å². The van der Waals surface area contributed by atoms with Crippen LogP contribution in [0.15, 0.2) is 60.7 Å². The molecule has 0 aliphatic heterocycles. The lowest BCUT2D eigenvalue weighted by atomic mass is 9.82. The molecule has 0 bridgehead atoms. The predicted octanol–water partition coefficient (Wildman–Crippen LogP) is 3.89. The van der Waals surface area contributed by atoms with Gasteiger partial charge in [0.2, 0.25) is 0 Å². The van der Waals surface area contributed by atoms with Crippen molar-refractivity contribution < 1.29 is 23.9 Å². The Morgan fingerprint density at radius 3 is 2.00 bits per heavy atom. The van der Waals surface area contributed by atoms with Gasteiger partial charge in [0.25, 0.3) is 0 Å². The number of rotatable bonds is 8. The third kappa shape index (κ3) is 4.13. The lowest BCUT2D eigenvalue weighted by Gasteiger charge is -2.24. The Kier molecular flexibility index (Phi) is 6.67. The number of Topliss-reactive ketones (excluding diaryl/α,β-unsaturated/α-hetero) is 1. The van der Waals surface area contributed by atoms with Crippen molar-refractivity contribution in [2.45, 2.75) is 19.8 Å². The number of nitrogens with zero attached hydrogens (tertiary/aromatic N) is 1. The third-order valence-corrected chi connectivity index (χ3v) is 5.06. The van der Waals surface area contributed by atoms with E-state index in [4.69, 9.17) is 9.47 Å². The van der Waals surface area contributed by atoms with Gasteiger partial charge < -0.3 is 14.0 Å². The van der Waals surface area contributed by atoms with Crippen LogP contribution in [-0.4, -0.2) is 35.5 Å². The molecule has 3 aromatic rings. The van der Waals surface area contributed by atoms with Crippen LogP contribution in [0, 0.1) is 5.92 Å². The summed E-state index contributed by atoms with van der Waals surface area (Å²) in [5, 5.41) is 0.910. The van der Waals surface area contributed by atoms with Crippen LogP contribution in [0.3, 0.4) is 0 Å². The lowest BCUT2D eigenvalue weighted by molar-refractivity contribution is -0.162. The molecular formula is C24H25NO5. The maximum absolute atomic E-state index is 13.6. The number of para-hydroxylation sites is 1. The summed E-state index contributed by atoms with van der Waals surface area (Å²) < 4.78 is 12.2. The van der Waals surface area contributed by atoms with Crippen LogP contribution < -0.4 is 0 Å². The molecule has 0 fully saturated rings. The minimum atomic E-state index is -1.40. The zero-order valence-electron chi connectivity index (χ0n) is 17.3. The quantitative estimate of drug-likeness (QED) is 0.322. The summed E-state index contributed by atoms with van der Waals surface area (Å²) in [5.74, 6) is -4.36. The molecule has 2 aromatic carbocycles. The number of esters is 2. The van der Waals surface area contributed by atoms with Gasteiger partial charge in [0.1, 0.15) is 0 Å². The first-order valence-electron chi connectivity index (χ1n) is 9.96. The maximum Gasteiger partial charge on any atom is 0.321 e. The van der Waals surface area contributed by atoms with E-state index in [-0.39, 0.29) is 19.0 Å². The molecule has 1 aromatic heterocycles. The first-order valence-corrected chi connectivity index (χ1v) is 9.96. The molecule has 30 heavy (non-hydrogen) atoms. The third-order valence-electron chi connectivity index (χ3n) is 5.06. The van der Waals surface area contributed by atoms with Gasteiger partial charge in [-0.15, -0.1) is 0 Å². The average molecular weight is 407 g/mol. The number of benzene rings is 2. The number of carbonyl (C=O) groups is 3. The summed E-state index contributed by atoms with van der Waals surface area (Å²) in [6.07, 6.45) is 0. The number of carbonyl (C=O) groups excluding carboxylic acids is 3. The molecule has 6 heteroatoms. The predicted molar refractivity (Wildman–Crippen MR) is 113 cm³/mol. The van der Waals surface area contributed by atoms with Crippen molar-refractivity contribution in [1.29, 1.82) is 0 Å². The van der Waals surface area contributed by atoms with E-state index in [1.807, 2.05) is 41.9 Å². The van der Waals surface area contributed by atoms with Gasteiger partial charge in [-0.25, -0.2) is 0 Å². The second-order valence-corrected chi connectivity index (χ2v) is 6.88. The lowest BCUT2D eigenvalue weighted by Crippen LogP contribution is -2.38. The molecule has 0 radical (unpaired) electrons. The van der Waals surface area contributed by atoms with Gasteiger partial charge in [-0.1, -0.05) is 48.5 Å². The Bertz CT molecular complexity index is 1040. The van der Waals surface area contributed by atoms with Crippen LogP contribution in [0.2, 0.25) is 0 Å². The van der Waals surface area contributed by atoms with Gasteiger partial charge in [0.15, 0.2) is 11.7 Å². The van der Waals surface area contributed by atoms with Crippen molar-refractivity contribution in [1.82, 2.24) is 4.57 Å². The highest BCUT2D eigenvalue weighted by Gasteiger charge is 2.44. The van der Waals surface area contributed by atoms with E-state index in [0.29, 0.717) is 11.3 Å². The normalized spacial score (nSPS) is 12.0. The number of hydrogen-bond donors (Lipinski definition) is 0. The molecule has 0 aliphatic rings. The molecule has 1 atom stereocenters. The monoisotopic (exact) mass is 407 g/mol. The molecular weight excluding hydrogens is 382 g/mol. The smallest absolute Gasteiger partial charge is 0.321 e. The Hall–Kier alpha value is -3.41. The Labute approximate surface area is 175 Å². The number of hydrogen-bond acceptors (Lipinski definition) is 5. The molecule has 1 unspecified atom stereocenters. The summed E-state index contributed by atoms with van der Waals surface area (Å²) in [5.41, 5.74) is 1.85. The molecule has 0 saturated heterocycles.